The molecule has 0 aromatic heterocycles. The maximum absolute atomic E-state index is 3.56. The molecule has 0 aliphatic heterocycles. The zero-order chi connectivity index (χ0) is 14.2. The minimum atomic E-state index is 0.251. The van der Waals surface area contributed by atoms with Crippen LogP contribution in [0.5, 0.6) is 0 Å². The molecule has 0 aliphatic rings. The van der Waals surface area contributed by atoms with Gasteiger partial charge in [0.25, 0.3) is 0 Å². The standard InChI is InChI=1S/C15H34N2S/c1-13(9-8-11-16-15(3,4)5)17(6)14(2)10-12-18-7/h13-14,16H,8-12H2,1-7H3. The molecule has 1 N–H and O–H groups in total. The summed E-state index contributed by atoms with van der Waals surface area (Å²) in [6.45, 7) is 12.5. The molecule has 0 aliphatic carbocycles. The number of hydrogen-bond acceptors (Lipinski definition) is 3. The van der Waals surface area contributed by atoms with Crippen LogP contribution >= 0.6 is 11.8 Å². The summed E-state index contributed by atoms with van der Waals surface area (Å²) in [5, 5.41) is 3.56. The zero-order valence-corrected chi connectivity index (χ0v) is 14.4. The van der Waals surface area contributed by atoms with Crippen LogP contribution < -0.4 is 5.32 Å². The van der Waals surface area contributed by atoms with E-state index in [0.717, 1.165) is 6.54 Å². The van der Waals surface area contributed by atoms with Gasteiger partial charge in [-0.1, -0.05) is 0 Å². The molecule has 0 amide bonds. The number of rotatable bonds is 9. The smallest absolute Gasteiger partial charge is 0.00965 e. The predicted octanol–water partition coefficient (Wildman–Crippen LogP) is 3.62. The van der Waals surface area contributed by atoms with Gasteiger partial charge in [0, 0.05) is 17.6 Å². The molecule has 18 heavy (non-hydrogen) atoms. The van der Waals surface area contributed by atoms with Gasteiger partial charge < -0.3 is 10.2 Å². The highest BCUT2D eigenvalue weighted by Gasteiger charge is 2.15. The number of nitrogens with zero attached hydrogens (tertiary/aromatic N) is 1. The molecule has 2 unspecified atom stereocenters. The number of hydrogen-bond donors (Lipinski definition) is 1. The lowest BCUT2D eigenvalue weighted by atomic mass is 10.1. The third kappa shape index (κ3) is 9.23. The molecule has 0 radical (unpaired) electrons. The predicted molar refractivity (Wildman–Crippen MR) is 86.7 cm³/mol. The van der Waals surface area contributed by atoms with Crippen molar-refractivity contribution in [3.05, 3.63) is 0 Å². The molecular weight excluding hydrogens is 240 g/mol. The van der Waals surface area contributed by atoms with Gasteiger partial charge in [0.1, 0.15) is 0 Å². The molecule has 110 valence electrons. The van der Waals surface area contributed by atoms with E-state index in [1.54, 1.807) is 0 Å². The normalized spacial score (nSPS) is 16.0. The van der Waals surface area contributed by atoms with E-state index in [1.807, 2.05) is 11.8 Å². The zero-order valence-electron chi connectivity index (χ0n) is 13.5. The lowest BCUT2D eigenvalue weighted by Crippen LogP contribution is -2.39. The van der Waals surface area contributed by atoms with Crippen molar-refractivity contribution in [1.82, 2.24) is 10.2 Å². The molecule has 0 spiro atoms. The lowest BCUT2D eigenvalue weighted by molar-refractivity contribution is 0.181. The number of thioether (sulfide) groups is 1. The molecule has 0 rings (SSSR count). The van der Waals surface area contributed by atoms with Gasteiger partial charge in [-0.05, 0) is 79.5 Å². The molecule has 0 bridgehead atoms. The fourth-order valence-corrected chi connectivity index (χ4v) is 2.57. The third-order valence-corrected chi connectivity index (χ3v) is 4.23. The number of nitrogens with one attached hydrogen (secondary N) is 1. The molecule has 0 saturated carbocycles. The van der Waals surface area contributed by atoms with Crippen molar-refractivity contribution in [2.24, 2.45) is 0 Å². The summed E-state index contributed by atoms with van der Waals surface area (Å²) in [7, 11) is 2.27. The van der Waals surface area contributed by atoms with Crippen LogP contribution in [0.3, 0.4) is 0 Å². The molecule has 0 aromatic carbocycles. The maximum Gasteiger partial charge on any atom is 0.00965 e. The van der Waals surface area contributed by atoms with Crippen LogP contribution in [-0.4, -0.2) is 48.1 Å². The van der Waals surface area contributed by atoms with Crippen LogP contribution in [0.15, 0.2) is 0 Å². The Morgan fingerprint density at radius 1 is 1.11 bits per heavy atom. The first kappa shape index (κ1) is 18.3. The summed E-state index contributed by atoms with van der Waals surface area (Å²) in [6.07, 6.45) is 6.03. The monoisotopic (exact) mass is 274 g/mol. The fourth-order valence-electron chi connectivity index (χ4n) is 1.99. The van der Waals surface area contributed by atoms with Gasteiger partial charge in [-0.2, -0.15) is 11.8 Å². The van der Waals surface area contributed by atoms with E-state index in [4.69, 9.17) is 0 Å². The van der Waals surface area contributed by atoms with Gasteiger partial charge in [-0.15, -0.1) is 0 Å². The lowest BCUT2D eigenvalue weighted by Gasteiger charge is -2.31. The third-order valence-electron chi connectivity index (χ3n) is 3.58. The Morgan fingerprint density at radius 2 is 1.67 bits per heavy atom. The second-order valence-electron chi connectivity index (χ2n) is 6.46. The van der Waals surface area contributed by atoms with E-state index < -0.39 is 0 Å². The first-order valence-electron chi connectivity index (χ1n) is 7.24. The topological polar surface area (TPSA) is 15.3 Å². The minimum absolute atomic E-state index is 0.251. The van der Waals surface area contributed by atoms with Crippen LogP contribution in [0.25, 0.3) is 0 Å². The van der Waals surface area contributed by atoms with E-state index >= 15 is 0 Å². The molecule has 2 atom stereocenters. The Morgan fingerprint density at radius 3 is 2.17 bits per heavy atom. The summed E-state index contributed by atoms with van der Waals surface area (Å²) in [5.41, 5.74) is 0.251. The van der Waals surface area contributed by atoms with Crippen LogP contribution in [0, 0.1) is 0 Å². The Hall–Kier alpha value is 0.270. The molecule has 0 heterocycles. The second-order valence-corrected chi connectivity index (χ2v) is 7.45. The van der Waals surface area contributed by atoms with Crippen LogP contribution in [0.2, 0.25) is 0 Å². The Balaban J connectivity index is 3.76. The van der Waals surface area contributed by atoms with Crippen molar-refractivity contribution in [2.75, 3.05) is 25.6 Å². The Labute approximate surface area is 119 Å². The van der Waals surface area contributed by atoms with Crippen LogP contribution in [0.1, 0.15) is 53.9 Å². The minimum Gasteiger partial charge on any atom is -0.312 e. The van der Waals surface area contributed by atoms with E-state index in [9.17, 15) is 0 Å². The van der Waals surface area contributed by atoms with Crippen molar-refractivity contribution in [2.45, 2.75) is 71.5 Å². The average Bonchev–Trinajstić information content (AvgIpc) is 2.29. The van der Waals surface area contributed by atoms with Gasteiger partial charge in [0.2, 0.25) is 0 Å². The summed E-state index contributed by atoms with van der Waals surface area (Å²) >= 11 is 1.95. The van der Waals surface area contributed by atoms with Gasteiger partial charge >= 0.3 is 0 Å². The van der Waals surface area contributed by atoms with E-state index in [2.05, 4.69) is 58.1 Å². The quantitative estimate of drug-likeness (QED) is 0.647. The van der Waals surface area contributed by atoms with Crippen molar-refractivity contribution in [3.8, 4) is 0 Å². The fraction of sp³-hybridized carbons (Fsp3) is 1.00. The average molecular weight is 275 g/mol. The van der Waals surface area contributed by atoms with Crippen molar-refractivity contribution in [1.29, 1.82) is 0 Å². The molecule has 2 nitrogen and oxygen atoms in total. The van der Waals surface area contributed by atoms with Crippen LogP contribution in [-0.2, 0) is 0 Å². The second kappa shape index (κ2) is 9.22. The first-order valence-corrected chi connectivity index (χ1v) is 8.63. The summed E-state index contributed by atoms with van der Waals surface area (Å²) in [5.74, 6) is 1.27. The molecule has 0 saturated heterocycles. The SMILES string of the molecule is CSCCC(C)N(C)C(C)CCCNC(C)(C)C. The highest BCUT2D eigenvalue weighted by molar-refractivity contribution is 7.98. The molecule has 0 fully saturated rings. The van der Waals surface area contributed by atoms with Crippen molar-refractivity contribution >= 4 is 11.8 Å². The maximum atomic E-state index is 3.56. The van der Waals surface area contributed by atoms with Gasteiger partial charge in [0.15, 0.2) is 0 Å². The van der Waals surface area contributed by atoms with E-state index in [1.165, 1.54) is 25.0 Å². The van der Waals surface area contributed by atoms with Gasteiger partial charge in [0.05, 0.1) is 0 Å². The Bertz CT molecular complexity index is 201. The van der Waals surface area contributed by atoms with Crippen molar-refractivity contribution in [3.63, 3.8) is 0 Å². The summed E-state index contributed by atoms with van der Waals surface area (Å²) in [6, 6.07) is 1.38. The molecule has 0 aromatic rings. The van der Waals surface area contributed by atoms with Crippen molar-refractivity contribution < 1.29 is 0 Å². The molecular formula is C15H34N2S. The van der Waals surface area contributed by atoms with E-state index in [0.29, 0.717) is 12.1 Å². The van der Waals surface area contributed by atoms with Crippen LogP contribution in [0.4, 0.5) is 0 Å². The highest BCUT2D eigenvalue weighted by atomic mass is 32.2. The summed E-state index contributed by atoms with van der Waals surface area (Å²) < 4.78 is 0. The highest BCUT2D eigenvalue weighted by Crippen LogP contribution is 2.12. The Kier molecular flexibility index (Phi) is 9.36. The van der Waals surface area contributed by atoms with E-state index in [-0.39, 0.29) is 5.54 Å². The first-order chi connectivity index (χ1) is 8.28. The molecule has 3 heteroatoms. The summed E-state index contributed by atoms with van der Waals surface area (Å²) in [4.78, 5) is 2.54. The van der Waals surface area contributed by atoms with Gasteiger partial charge in [-0.25, -0.2) is 0 Å². The largest absolute Gasteiger partial charge is 0.312 e. The van der Waals surface area contributed by atoms with Gasteiger partial charge in [-0.3, -0.25) is 0 Å².